The molecule has 1 aliphatic rings. The monoisotopic (exact) mass is 357 g/mol. The zero-order chi connectivity index (χ0) is 19.0. The minimum atomic E-state index is -0.725. The van der Waals surface area contributed by atoms with Crippen molar-refractivity contribution in [1.82, 2.24) is 0 Å². The van der Waals surface area contributed by atoms with E-state index in [1.165, 1.54) is 30.5 Å². The van der Waals surface area contributed by atoms with Crippen molar-refractivity contribution in [3.63, 3.8) is 0 Å². The molecule has 0 spiro atoms. The Bertz CT molecular complexity index is 998. The lowest BCUT2D eigenvalue weighted by molar-refractivity contribution is -0.393. The van der Waals surface area contributed by atoms with Crippen LogP contribution in [0.25, 0.3) is 16.7 Å². The Morgan fingerprint density at radius 1 is 0.885 bits per heavy atom. The number of nitrogens with zero attached hydrogens (tertiary/aromatic N) is 3. The smallest absolute Gasteiger partial charge is 0.284 e. The molecule has 0 unspecified atom stereocenters. The fraction of sp³-hybridized carbons (Fsp3) is 0.125. The van der Waals surface area contributed by atoms with E-state index in [2.05, 4.69) is 0 Å². The first-order valence-corrected chi connectivity index (χ1v) is 7.43. The Labute approximate surface area is 145 Å². The molecule has 0 aromatic heterocycles. The van der Waals surface area contributed by atoms with Crippen LogP contribution in [0.2, 0.25) is 0 Å². The highest BCUT2D eigenvalue weighted by Crippen LogP contribution is 2.50. The zero-order valence-corrected chi connectivity index (χ0v) is 13.4. The van der Waals surface area contributed by atoms with E-state index < -0.39 is 26.1 Å². The number of ether oxygens (including phenoxy) is 1. The Morgan fingerprint density at radius 2 is 1.54 bits per heavy atom. The van der Waals surface area contributed by atoms with Crippen molar-refractivity contribution in [1.29, 1.82) is 0 Å². The SMILES string of the molecule is CCO/C=C1/c2cc([N+](=O)[O-])ccc2-c2c1cc([N+](=O)[O-])cc2[N+](=O)[O-]. The Hall–Kier alpha value is -3.82. The van der Waals surface area contributed by atoms with Crippen molar-refractivity contribution < 1.29 is 19.5 Å². The van der Waals surface area contributed by atoms with Gasteiger partial charge in [-0.25, -0.2) is 0 Å². The lowest BCUT2D eigenvalue weighted by Gasteiger charge is -2.04. The molecular weight excluding hydrogens is 346 g/mol. The standard InChI is InChI=1S/C16H11N3O7/c1-2-26-8-14-12-5-9(17(20)21)3-4-11(12)16-13(14)6-10(18(22)23)7-15(16)19(24)25/h3-8H,2H2,1H3/b14-8-. The molecule has 0 heterocycles. The minimum absolute atomic E-state index is 0.177. The Kier molecular flexibility index (Phi) is 4.08. The van der Waals surface area contributed by atoms with Gasteiger partial charge in [0, 0.05) is 34.9 Å². The molecule has 0 radical (unpaired) electrons. The van der Waals surface area contributed by atoms with E-state index in [9.17, 15) is 30.3 Å². The molecule has 2 aromatic carbocycles. The summed E-state index contributed by atoms with van der Waals surface area (Å²) in [6.45, 7) is 2.01. The average molecular weight is 357 g/mol. The summed E-state index contributed by atoms with van der Waals surface area (Å²) in [7, 11) is 0. The third kappa shape index (κ3) is 2.62. The van der Waals surface area contributed by atoms with Crippen LogP contribution < -0.4 is 0 Å². The van der Waals surface area contributed by atoms with Crippen LogP contribution in [0.3, 0.4) is 0 Å². The van der Waals surface area contributed by atoms with Crippen LogP contribution in [0.4, 0.5) is 17.1 Å². The van der Waals surface area contributed by atoms with Gasteiger partial charge in [-0.3, -0.25) is 30.3 Å². The van der Waals surface area contributed by atoms with Crippen LogP contribution >= 0.6 is 0 Å². The van der Waals surface area contributed by atoms with Gasteiger partial charge in [0.15, 0.2) is 0 Å². The molecule has 10 nitrogen and oxygen atoms in total. The van der Waals surface area contributed by atoms with Crippen LogP contribution in [-0.2, 0) is 4.74 Å². The summed E-state index contributed by atoms with van der Waals surface area (Å²) < 4.78 is 5.26. The highest BCUT2D eigenvalue weighted by atomic mass is 16.6. The predicted octanol–water partition coefficient (Wildman–Crippen LogP) is 3.82. The summed E-state index contributed by atoms with van der Waals surface area (Å²) in [5.74, 6) is 0. The van der Waals surface area contributed by atoms with Gasteiger partial charge < -0.3 is 4.74 Å². The molecule has 0 saturated carbocycles. The van der Waals surface area contributed by atoms with Crippen molar-refractivity contribution in [2.75, 3.05) is 6.61 Å². The number of non-ortho nitro benzene ring substituents is 2. The van der Waals surface area contributed by atoms with Gasteiger partial charge in [-0.2, -0.15) is 0 Å². The second-order valence-corrected chi connectivity index (χ2v) is 5.38. The number of fused-ring (bicyclic) bond motifs is 3. The average Bonchev–Trinajstić information content (AvgIpc) is 2.91. The number of nitro groups is 3. The fourth-order valence-electron chi connectivity index (χ4n) is 2.88. The van der Waals surface area contributed by atoms with Crippen molar-refractivity contribution in [2.24, 2.45) is 0 Å². The molecule has 26 heavy (non-hydrogen) atoms. The van der Waals surface area contributed by atoms with Gasteiger partial charge in [0.25, 0.3) is 17.1 Å². The third-order valence-corrected chi connectivity index (χ3v) is 3.94. The van der Waals surface area contributed by atoms with Crippen molar-refractivity contribution in [3.05, 3.63) is 78.1 Å². The molecule has 2 aromatic rings. The lowest BCUT2D eigenvalue weighted by Crippen LogP contribution is -1.96. The topological polar surface area (TPSA) is 139 Å². The first-order chi connectivity index (χ1) is 12.3. The summed E-state index contributed by atoms with van der Waals surface area (Å²) in [6, 6.07) is 6.00. The Balaban J connectivity index is 2.38. The first-order valence-electron chi connectivity index (χ1n) is 7.43. The number of hydrogen-bond acceptors (Lipinski definition) is 7. The van der Waals surface area contributed by atoms with Crippen LogP contribution in [0.15, 0.2) is 36.6 Å². The third-order valence-electron chi connectivity index (χ3n) is 3.94. The quantitative estimate of drug-likeness (QED) is 0.384. The molecule has 0 amide bonds. The van der Waals surface area contributed by atoms with Gasteiger partial charge in [0.05, 0.1) is 39.3 Å². The van der Waals surface area contributed by atoms with E-state index >= 15 is 0 Å². The molecule has 10 heteroatoms. The summed E-state index contributed by atoms with van der Waals surface area (Å²) in [5, 5.41) is 33.7. The van der Waals surface area contributed by atoms with Crippen LogP contribution in [0.1, 0.15) is 18.1 Å². The number of nitro benzene ring substituents is 3. The predicted molar refractivity (Wildman–Crippen MR) is 90.5 cm³/mol. The maximum absolute atomic E-state index is 11.5. The number of hydrogen-bond donors (Lipinski definition) is 0. The molecule has 3 rings (SSSR count). The van der Waals surface area contributed by atoms with Crippen LogP contribution in [-0.4, -0.2) is 21.4 Å². The molecule has 1 aliphatic carbocycles. The highest BCUT2D eigenvalue weighted by molar-refractivity contribution is 6.05. The fourth-order valence-corrected chi connectivity index (χ4v) is 2.88. The molecule has 0 saturated heterocycles. The van der Waals surface area contributed by atoms with Crippen LogP contribution in [0, 0.1) is 30.3 Å². The van der Waals surface area contributed by atoms with E-state index in [0.29, 0.717) is 23.3 Å². The highest BCUT2D eigenvalue weighted by Gasteiger charge is 2.35. The van der Waals surface area contributed by atoms with E-state index in [1.807, 2.05) is 0 Å². The van der Waals surface area contributed by atoms with E-state index in [1.54, 1.807) is 6.92 Å². The van der Waals surface area contributed by atoms with E-state index in [0.717, 1.165) is 6.07 Å². The number of rotatable bonds is 5. The summed E-state index contributed by atoms with van der Waals surface area (Å²) in [4.78, 5) is 31.7. The number of benzene rings is 2. The summed E-state index contributed by atoms with van der Waals surface area (Å²) >= 11 is 0. The van der Waals surface area contributed by atoms with Gasteiger partial charge in [-0.1, -0.05) is 0 Å². The summed E-state index contributed by atoms with van der Waals surface area (Å²) in [6.07, 6.45) is 1.31. The van der Waals surface area contributed by atoms with Crippen molar-refractivity contribution in [3.8, 4) is 11.1 Å². The molecule has 0 aliphatic heterocycles. The first kappa shape index (κ1) is 17.0. The van der Waals surface area contributed by atoms with E-state index in [-0.39, 0.29) is 16.8 Å². The molecule has 0 atom stereocenters. The second kappa shape index (κ2) is 6.24. The summed E-state index contributed by atoms with van der Waals surface area (Å²) in [5.41, 5.74) is 0.392. The normalized spacial score (nSPS) is 13.2. The zero-order valence-electron chi connectivity index (χ0n) is 13.4. The molecular formula is C16H11N3O7. The van der Waals surface area contributed by atoms with Crippen molar-refractivity contribution in [2.45, 2.75) is 6.92 Å². The van der Waals surface area contributed by atoms with Gasteiger partial charge in [0.1, 0.15) is 0 Å². The van der Waals surface area contributed by atoms with Crippen LogP contribution in [0.5, 0.6) is 0 Å². The maximum atomic E-state index is 11.5. The second-order valence-electron chi connectivity index (χ2n) is 5.38. The largest absolute Gasteiger partial charge is 0.501 e. The van der Waals surface area contributed by atoms with E-state index in [4.69, 9.17) is 4.74 Å². The maximum Gasteiger partial charge on any atom is 0.284 e. The van der Waals surface area contributed by atoms with Crippen molar-refractivity contribution >= 4 is 22.6 Å². The minimum Gasteiger partial charge on any atom is -0.501 e. The molecule has 0 bridgehead atoms. The lowest BCUT2D eigenvalue weighted by atomic mass is 10.0. The Morgan fingerprint density at radius 3 is 2.12 bits per heavy atom. The van der Waals surface area contributed by atoms with Gasteiger partial charge in [0.2, 0.25) is 0 Å². The molecule has 132 valence electrons. The van der Waals surface area contributed by atoms with Gasteiger partial charge in [-0.15, -0.1) is 0 Å². The molecule has 0 fully saturated rings. The molecule has 0 N–H and O–H groups in total. The van der Waals surface area contributed by atoms with Gasteiger partial charge >= 0.3 is 0 Å². The van der Waals surface area contributed by atoms with Gasteiger partial charge in [-0.05, 0) is 18.6 Å².